The van der Waals surface area contributed by atoms with Crippen LogP contribution in [0, 0.1) is 11.6 Å². The van der Waals surface area contributed by atoms with E-state index in [4.69, 9.17) is 4.52 Å². The largest absolute Gasteiger partial charge is 0.359 e. The Kier molecular flexibility index (Phi) is 7.12. The smallest absolute Gasteiger partial charge is 0.273 e. The minimum atomic E-state index is -0.427. The van der Waals surface area contributed by atoms with Gasteiger partial charge in [-0.05, 0) is 54.8 Å². The predicted molar refractivity (Wildman–Crippen MR) is 117 cm³/mol. The molecule has 1 aliphatic carbocycles. The Bertz CT molecular complexity index is 1090. The average molecular weight is 453 g/mol. The molecule has 3 aromatic rings. The molecule has 0 saturated heterocycles. The number of amides is 2. The zero-order valence-electron chi connectivity index (χ0n) is 18.1. The van der Waals surface area contributed by atoms with Crippen molar-refractivity contribution in [2.75, 3.05) is 0 Å². The number of rotatable bonds is 7. The lowest BCUT2D eigenvalue weighted by molar-refractivity contribution is 0.0590. The number of aromatic nitrogens is 1. The fraction of sp³-hybridized carbons (Fsp3) is 0.320. The number of nitrogens with one attached hydrogen (secondary N) is 1. The first kappa shape index (κ1) is 22.6. The van der Waals surface area contributed by atoms with Gasteiger partial charge in [-0.1, -0.05) is 36.6 Å². The van der Waals surface area contributed by atoms with E-state index in [-0.39, 0.29) is 36.5 Å². The summed E-state index contributed by atoms with van der Waals surface area (Å²) < 4.78 is 31.7. The minimum Gasteiger partial charge on any atom is -0.359 e. The number of nitrogens with zero attached hydrogens (tertiary/aromatic N) is 2. The third-order valence-electron chi connectivity index (χ3n) is 5.85. The summed E-state index contributed by atoms with van der Waals surface area (Å²) in [4.78, 5) is 27.4. The molecule has 0 bridgehead atoms. The van der Waals surface area contributed by atoms with Crippen molar-refractivity contribution in [3.63, 3.8) is 0 Å². The van der Waals surface area contributed by atoms with Crippen molar-refractivity contribution in [2.24, 2.45) is 0 Å². The van der Waals surface area contributed by atoms with E-state index in [1.807, 2.05) is 0 Å². The maximum atomic E-state index is 13.3. The van der Waals surface area contributed by atoms with Crippen LogP contribution in [0.15, 0.2) is 59.1 Å². The highest BCUT2D eigenvalue weighted by atomic mass is 19.1. The Labute approximate surface area is 190 Å². The summed E-state index contributed by atoms with van der Waals surface area (Å²) in [5.74, 6) is -0.988. The molecule has 0 atom stereocenters. The fourth-order valence-corrected chi connectivity index (χ4v) is 4.06. The van der Waals surface area contributed by atoms with Crippen molar-refractivity contribution in [1.29, 1.82) is 0 Å². The molecular formula is C25H25F2N3O3. The van der Waals surface area contributed by atoms with Gasteiger partial charge in [-0.3, -0.25) is 9.59 Å². The Morgan fingerprint density at radius 1 is 0.970 bits per heavy atom. The predicted octanol–water partition coefficient (Wildman–Crippen LogP) is 4.86. The number of hydrogen-bond acceptors (Lipinski definition) is 4. The van der Waals surface area contributed by atoms with E-state index in [2.05, 4.69) is 10.5 Å². The van der Waals surface area contributed by atoms with Crippen molar-refractivity contribution in [3.05, 3.63) is 88.8 Å². The van der Waals surface area contributed by atoms with Crippen LogP contribution in [-0.4, -0.2) is 27.9 Å². The topological polar surface area (TPSA) is 75.4 Å². The molecule has 1 N–H and O–H groups in total. The van der Waals surface area contributed by atoms with Gasteiger partial charge in [0, 0.05) is 24.2 Å². The second-order valence-corrected chi connectivity index (χ2v) is 8.22. The van der Waals surface area contributed by atoms with Crippen molar-refractivity contribution < 1.29 is 22.9 Å². The number of carbonyl (C=O) groups excluding carboxylic acids is 2. The summed E-state index contributed by atoms with van der Waals surface area (Å²) >= 11 is 0. The molecule has 0 spiro atoms. The quantitative estimate of drug-likeness (QED) is 0.555. The van der Waals surface area contributed by atoms with E-state index < -0.39 is 11.7 Å². The van der Waals surface area contributed by atoms with Crippen LogP contribution in [0.3, 0.4) is 0 Å². The molecule has 172 valence electrons. The van der Waals surface area contributed by atoms with Gasteiger partial charge in [-0.2, -0.15) is 0 Å². The molecule has 8 heteroatoms. The standard InChI is InChI=1S/C25H25F2N3O3/c26-19-10-6-17(7-11-19)15-28-24(31)23-14-22(33-29-23)16-30(21-4-2-1-3-5-21)25(32)18-8-12-20(27)13-9-18/h6-14,21H,1-5,15-16H2,(H,28,31). The minimum absolute atomic E-state index is 0.0390. The molecule has 2 amide bonds. The number of halogens is 2. The van der Waals surface area contributed by atoms with E-state index in [1.54, 1.807) is 17.0 Å². The van der Waals surface area contributed by atoms with Crippen LogP contribution in [0.25, 0.3) is 0 Å². The van der Waals surface area contributed by atoms with E-state index in [9.17, 15) is 18.4 Å². The first-order chi connectivity index (χ1) is 16.0. The average Bonchev–Trinajstić information content (AvgIpc) is 3.31. The first-order valence-corrected chi connectivity index (χ1v) is 11.0. The molecule has 4 rings (SSSR count). The maximum Gasteiger partial charge on any atom is 0.273 e. The Morgan fingerprint density at radius 3 is 2.27 bits per heavy atom. The molecule has 0 radical (unpaired) electrons. The lowest BCUT2D eigenvalue weighted by atomic mass is 9.93. The lowest BCUT2D eigenvalue weighted by Gasteiger charge is -2.33. The van der Waals surface area contributed by atoms with Gasteiger partial charge in [0.2, 0.25) is 0 Å². The molecule has 1 aromatic heterocycles. The fourth-order valence-electron chi connectivity index (χ4n) is 4.06. The summed E-state index contributed by atoms with van der Waals surface area (Å²) in [6.45, 7) is 0.387. The third kappa shape index (κ3) is 5.83. The summed E-state index contributed by atoms with van der Waals surface area (Å²) in [7, 11) is 0. The molecule has 1 saturated carbocycles. The van der Waals surface area contributed by atoms with Crippen LogP contribution in [0.5, 0.6) is 0 Å². The monoisotopic (exact) mass is 453 g/mol. The van der Waals surface area contributed by atoms with Gasteiger partial charge in [-0.15, -0.1) is 0 Å². The molecule has 6 nitrogen and oxygen atoms in total. The summed E-state index contributed by atoms with van der Waals surface area (Å²) in [6, 6.07) is 12.9. The van der Waals surface area contributed by atoms with Gasteiger partial charge in [0.1, 0.15) is 11.6 Å². The highest BCUT2D eigenvalue weighted by Gasteiger charge is 2.28. The zero-order valence-corrected chi connectivity index (χ0v) is 18.1. The van der Waals surface area contributed by atoms with E-state index >= 15 is 0 Å². The number of carbonyl (C=O) groups is 2. The van der Waals surface area contributed by atoms with Gasteiger partial charge in [0.25, 0.3) is 11.8 Å². The van der Waals surface area contributed by atoms with E-state index in [0.29, 0.717) is 11.3 Å². The molecular weight excluding hydrogens is 428 g/mol. The Hall–Kier alpha value is -3.55. The Balaban J connectivity index is 1.45. The first-order valence-electron chi connectivity index (χ1n) is 11.0. The second kappa shape index (κ2) is 10.4. The van der Waals surface area contributed by atoms with Crippen LogP contribution in [0.4, 0.5) is 8.78 Å². The summed E-state index contributed by atoms with van der Waals surface area (Å²) in [5.41, 5.74) is 1.26. The van der Waals surface area contributed by atoms with Gasteiger partial charge >= 0.3 is 0 Å². The zero-order chi connectivity index (χ0) is 23.2. The van der Waals surface area contributed by atoms with Gasteiger partial charge in [0.05, 0.1) is 6.54 Å². The molecule has 0 aliphatic heterocycles. The number of hydrogen-bond donors (Lipinski definition) is 1. The highest BCUT2D eigenvalue weighted by molar-refractivity contribution is 5.94. The Morgan fingerprint density at radius 2 is 1.61 bits per heavy atom. The van der Waals surface area contributed by atoms with Crippen LogP contribution in [-0.2, 0) is 13.1 Å². The van der Waals surface area contributed by atoms with Gasteiger partial charge < -0.3 is 14.7 Å². The SMILES string of the molecule is O=C(NCc1ccc(F)cc1)c1cc(CN(C(=O)c2ccc(F)cc2)C2CCCCC2)on1. The summed E-state index contributed by atoms with van der Waals surface area (Å²) in [6.07, 6.45) is 4.96. The lowest BCUT2D eigenvalue weighted by Crippen LogP contribution is -2.40. The highest BCUT2D eigenvalue weighted by Crippen LogP contribution is 2.26. The van der Waals surface area contributed by atoms with E-state index in [1.165, 1.54) is 42.5 Å². The number of benzene rings is 2. The third-order valence-corrected chi connectivity index (χ3v) is 5.85. The molecule has 1 aliphatic rings. The van der Waals surface area contributed by atoms with Crippen LogP contribution >= 0.6 is 0 Å². The van der Waals surface area contributed by atoms with Crippen molar-refractivity contribution in [1.82, 2.24) is 15.4 Å². The van der Waals surface area contributed by atoms with E-state index in [0.717, 1.165) is 37.7 Å². The van der Waals surface area contributed by atoms with Gasteiger partial charge in [0.15, 0.2) is 11.5 Å². The summed E-state index contributed by atoms with van der Waals surface area (Å²) in [5, 5.41) is 6.57. The maximum absolute atomic E-state index is 13.3. The normalized spacial score (nSPS) is 14.1. The van der Waals surface area contributed by atoms with Crippen LogP contribution in [0.1, 0.15) is 64.3 Å². The molecule has 1 heterocycles. The molecule has 33 heavy (non-hydrogen) atoms. The van der Waals surface area contributed by atoms with Crippen LogP contribution in [0.2, 0.25) is 0 Å². The van der Waals surface area contributed by atoms with Gasteiger partial charge in [-0.25, -0.2) is 8.78 Å². The molecule has 0 unspecified atom stereocenters. The molecule has 2 aromatic carbocycles. The second-order valence-electron chi connectivity index (χ2n) is 8.22. The van der Waals surface area contributed by atoms with Crippen molar-refractivity contribution in [2.45, 2.75) is 51.2 Å². The van der Waals surface area contributed by atoms with Crippen LogP contribution < -0.4 is 5.32 Å². The van der Waals surface area contributed by atoms with Crippen molar-refractivity contribution in [3.8, 4) is 0 Å². The molecule has 1 fully saturated rings. The van der Waals surface area contributed by atoms with Crippen molar-refractivity contribution >= 4 is 11.8 Å².